The predicted octanol–water partition coefficient (Wildman–Crippen LogP) is 2.06. The molecule has 1 heterocycles. The van der Waals surface area contributed by atoms with Crippen LogP contribution in [0.2, 0.25) is 0 Å². The van der Waals surface area contributed by atoms with Crippen molar-refractivity contribution in [2.45, 2.75) is 0 Å². The van der Waals surface area contributed by atoms with Gasteiger partial charge < -0.3 is 23.6 Å². The third-order valence-corrected chi connectivity index (χ3v) is 3.83. The Labute approximate surface area is 146 Å². The zero-order chi connectivity index (χ0) is 19.1. The molecule has 0 aliphatic heterocycles. The molecule has 0 aliphatic carbocycles. The van der Waals surface area contributed by atoms with Crippen molar-refractivity contribution in [3.8, 4) is 34.3 Å². The molecule has 3 N–H and O–H groups in total. The number of phenolic OH excluding ortho intramolecular Hbond substituents is 2. The predicted molar refractivity (Wildman–Crippen MR) is 90.0 cm³/mol. The van der Waals surface area contributed by atoms with Crippen molar-refractivity contribution in [2.75, 3.05) is 7.11 Å². The molecule has 0 fully saturated rings. The van der Waals surface area contributed by atoms with Crippen LogP contribution < -0.4 is 14.3 Å². The Morgan fingerprint density at radius 2 is 1.77 bits per heavy atom. The van der Waals surface area contributed by atoms with E-state index in [2.05, 4.69) is 4.18 Å². The molecule has 0 atom stereocenters. The van der Waals surface area contributed by atoms with Gasteiger partial charge in [0.25, 0.3) is 0 Å². The molecule has 0 saturated carbocycles. The maximum Gasteiger partial charge on any atom is 0.446 e. The van der Waals surface area contributed by atoms with Crippen LogP contribution >= 0.6 is 0 Å². The lowest BCUT2D eigenvalue weighted by atomic mass is 10.1. The molecule has 0 amide bonds. The number of fused-ring (bicyclic) bond motifs is 1. The topological polar surface area (TPSA) is 144 Å². The minimum atomic E-state index is -4.80. The first-order valence-electron chi connectivity index (χ1n) is 7.03. The molecular formula is C16H12O9S. The van der Waals surface area contributed by atoms with Crippen LogP contribution in [-0.2, 0) is 10.4 Å². The van der Waals surface area contributed by atoms with E-state index in [1.807, 2.05) is 0 Å². The molecule has 0 saturated heterocycles. The normalized spacial score (nSPS) is 11.5. The van der Waals surface area contributed by atoms with Gasteiger partial charge in [-0.2, -0.15) is 8.42 Å². The van der Waals surface area contributed by atoms with E-state index in [-0.39, 0.29) is 39.5 Å². The van der Waals surface area contributed by atoms with E-state index in [1.165, 1.54) is 25.3 Å². The fourth-order valence-corrected chi connectivity index (χ4v) is 2.76. The molecule has 136 valence electrons. The molecule has 10 heteroatoms. The highest BCUT2D eigenvalue weighted by Gasteiger charge is 2.17. The summed E-state index contributed by atoms with van der Waals surface area (Å²) in [4.78, 5) is 12.2. The van der Waals surface area contributed by atoms with Crippen LogP contribution in [0.3, 0.4) is 0 Å². The summed E-state index contributed by atoms with van der Waals surface area (Å²) < 4.78 is 45.7. The van der Waals surface area contributed by atoms with Crippen LogP contribution in [0.4, 0.5) is 0 Å². The summed E-state index contributed by atoms with van der Waals surface area (Å²) in [7, 11) is -3.53. The first-order chi connectivity index (χ1) is 12.2. The van der Waals surface area contributed by atoms with Crippen LogP contribution in [0.1, 0.15) is 0 Å². The van der Waals surface area contributed by atoms with Gasteiger partial charge >= 0.3 is 10.4 Å². The SMILES string of the molecule is COc1ccc(-c2cc(=O)c3c(O)cc(O)cc3o2)cc1OS(=O)(=O)O. The highest BCUT2D eigenvalue weighted by molar-refractivity contribution is 7.81. The Morgan fingerprint density at radius 1 is 1.04 bits per heavy atom. The first kappa shape index (κ1) is 17.6. The van der Waals surface area contributed by atoms with Crippen LogP contribution in [0.5, 0.6) is 23.0 Å². The van der Waals surface area contributed by atoms with E-state index >= 15 is 0 Å². The molecular weight excluding hydrogens is 368 g/mol. The quantitative estimate of drug-likeness (QED) is 0.579. The lowest BCUT2D eigenvalue weighted by Gasteiger charge is -2.10. The van der Waals surface area contributed by atoms with Gasteiger partial charge in [-0.15, -0.1) is 0 Å². The van der Waals surface area contributed by atoms with Crippen molar-refractivity contribution < 1.29 is 36.5 Å². The van der Waals surface area contributed by atoms with Crippen LogP contribution in [0.15, 0.2) is 45.6 Å². The highest BCUT2D eigenvalue weighted by Crippen LogP contribution is 2.35. The van der Waals surface area contributed by atoms with Crippen molar-refractivity contribution in [2.24, 2.45) is 0 Å². The number of hydrogen-bond donors (Lipinski definition) is 3. The van der Waals surface area contributed by atoms with Gasteiger partial charge in [0, 0.05) is 23.8 Å². The Hall–Kier alpha value is -3.24. The maximum absolute atomic E-state index is 12.2. The molecule has 3 rings (SSSR count). The van der Waals surface area contributed by atoms with Gasteiger partial charge in [0.2, 0.25) is 0 Å². The minimum absolute atomic E-state index is 0.00957. The van der Waals surface area contributed by atoms with E-state index in [1.54, 1.807) is 0 Å². The third-order valence-electron chi connectivity index (χ3n) is 3.44. The van der Waals surface area contributed by atoms with Crippen LogP contribution in [-0.4, -0.2) is 30.3 Å². The van der Waals surface area contributed by atoms with Crippen molar-refractivity contribution in [3.63, 3.8) is 0 Å². The fourth-order valence-electron chi connectivity index (χ4n) is 2.40. The van der Waals surface area contributed by atoms with Crippen molar-refractivity contribution in [1.82, 2.24) is 0 Å². The molecule has 2 aromatic carbocycles. The summed E-state index contributed by atoms with van der Waals surface area (Å²) in [6.07, 6.45) is 0. The summed E-state index contributed by atoms with van der Waals surface area (Å²) in [5, 5.41) is 19.2. The van der Waals surface area contributed by atoms with Gasteiger partial charge in [0.05, 0.1) is 7.11 Å². The van der Waals surface area contributed by atoms with E-state index in [0.29, 0.717) is 0 Å². The smallest absolute Gasteiger partial charge is 0.446 e. The molecule has 0 unspecified atom stereocenters. The van der Waals surface area contributed by atoms with Gasteiger partial charge in [-0.3, -0.25) is 9.35 Å². The summed E-state index contributed by atoms with van der Waals surface area (Å²) in [6.45, 7) is 0. The van der Waals surface area contributed by atoms with Crippen LogP contribution in [0, 0.1) is 0 Å². The molecule has 3 aromatic rings. The monoisotopic (exact) mass is 380 g/mol. The zero-order valence-electron chi connectivity index (χ0n) is 13.2. The minimum Gasteiger partial charge on any atom is -0.508 e. The van der Waals surface area contributed by atoms with E-state index in [0.717, 1.165) is 18.2 Å². The Balaban J connectivity index is 2.20. The van der Waals surface area contributed by atoms with Gasteiger partial charge in [0.15, 0.2) is 16.9 Å². The summed E-state index contributed by atoms with van der Waals surface area (Å²) in [5.41, 5.74) is -0.420. The fraction of sp³-hybridized carbons (Fsp3) is 0.0625. The van der Waals surface area contributed by atoms with Gasteiger partial charge in [-0.25, -0.2) is 0 Å². The molecule has 1 aromatic heterocycles. The van der Waals surface area contributed by atoms with Crippen molar-refractivity contribution in [1.29, 1.82) is 0 Å². The molecule has 26 heavy (non-hydrogen) atoms. The lowest BCUT2D eigenvalue weighted by molar-refractivity contribution is 0.360. The van der Waals surface area contributed by atoms with Gasteiger partial charge in [-0.1, -0.05) is 0 Å². The third kappa shape index (κ3) is 3.41. The van der Waals surface area contributed by atoms with Crippen molar-refractivity contribution in [3.05, 3.63) is 46.6 Å². The zero-order valence-corrected chi connectivity index (χ0v) is 14.0. The Morgan fingerprint density at radius 3 is 2.42 bits per heavy atom. The highest BCUT2D eigenvalue weighted by atomic mass is 32.3. The second-order valence-corrected chi connectivity index (χ2v) is 6.21. The molecule has 0 bridgehead atoms. The largest absolute Gasteiger partial charge is 0.508 e. The number of phenols is 2. The molecule has 0 radical (unpaired) electrons. The summed E-state index contributed by atoms with van der Waals surface area (Å²) >= 11 is 0. The van der Waals surface area contributed by atoms with E-state index in [4.69, 9.17) is 13.7 Å². The average molecular weight is 380 g/mol. The molecule has 0 spiro atoms. The number of ether oxygens (including phenoxy) is 1. The van der Waals surface area contributed by atoms with E-state index < -0.39 is 21.6 Å². The second kappa shape index (κ2) is 6.24. The average Bonchev–Trinajstić information content (AvgIpc) is 2.52. The molecule has 9 nitrogen and oxygen atoms in total. The Kier molecular flexibility index (Phi) is 4.22. The number of rotatable bonds is 4. The number of aromatic hydroxyl groups is 2. The summed E-state index contributed by atoms with van der Waals surface area (Å²) in [6, 6.07) is 7.23. The number of methoxy groups -OCH3 is 1. The molecule has 0 aliphatic rings. The number of benzene rings is 2. The second-order valence-electron chi connectivity index (χ2n) is 5.19. The van der Waals surface area contributed by atoms with Crippen molar-refractivity contribution >= 4 is 21.4 Å². The first-order valence-corrected chi connectivity index (χ1v) is 8.39. The number of hydrogen-bond acceptors (Lipinski definition) is 8. The lowest BCUT2D eigenvalue weighted by Crippen LogP contribution is -2.08. The van der Waals surface area contributed by atoms with Gasteiger partial charge in [0.1, 0.15) is 28.2 Å². The van der Waals surface area contributed by atoms with Gasteiger partial charge in [-0.05, 0) is 18.2 Å². The maximum atomic E-state index is 12.2. The van der Waals surface area contributed by atoms with Crippen LogP contribution in [0.25, 0.3) is 22.3 Å². The van der Waals surface area contributed by atoms with E-state index in [9.17, 15) is 23.4 Å². The standard InChI is InChI=1S/C16H12O9S/c1-23-12-3-2-8(4-14(12)25-26(20,21)22)13-7-11(19)16-10(18)5-9(17)6-15(16)24-13/h2-7,17-18H,1H3,(H,20,21,22). The summed E-state index contributed by atoms with van der Waals surface area (Å²) in [5.74, 6) is -1.04. The Bertz CT molecular complexity index is 1160.